The van der Waals surface area contributed by atoms with Crippen LogP contribution in [0, 0.1) is 0 Å². The number of halogens is 3. The molecule has 158 valence electrons. The summed E-state index contributed by atoms with van der Waals surface area (Å²) in [5.41, 5.74) is 2.86. The zero-order valence-corrected chi connectivity index (χ0v) is 16.7. The van der Waals surface area contributed by atoms with E-state index in [0.29, 0.717) is 27.9 Å². The molecule has 8 heteroatoms. The molecule has 1 N–H and O–H groups in total. The summed E-state index contributed by atoms with van der Waals surface area (Å²) in [6.07, 6.45) is 0.921. The molecule has 1 aliphatic carbocycles. The topological polar surface area (TPSA) is 67.3 Å². The van der Waals surface area contributed by atoms with Crippen molar-refractivity contribution in [3.8, 4) is 22.5 Å². The molecule has 4 aromatic rings. The highest BCUT2D eigenvalue weighted by Crippen LogP contribution is 2.44. The maximum atomic E-state index is 13.5. The van der Waals surface area contributed by atoms with Crippen LogP contribution in [0.4, 0.5) is 13.2 Å². The van der Waals surface area contributed by atoms with Crippen LogP contribution in [0.3, 0.4) is 0 Å². The van der Waals surface area contributed by atoms with Crippen molar-refractivity contribution in [3.63, 3.8) is 0 Å². The van der Waals surface area contributed by atoms with Crippen molar-refractivity contribution in [2.75, 3.05) is 0 Å². The zero-order valence-electron chi connectivity index (χ0n) is 16.7. The summed E-state index contributed by atoms with van der Waals surface area (Å²) in [6.45, 7) is 0. The highest BCUT2D eigenvalue weighted by molar-refractivity contribution is 6.02. The number of alkyl halides is 3. The second-order valence-electron chi connectivity index (χ2n) is 7.93. The molecular formula is C23H20F3N5. The third-order valence-corrected chi connectivity index (χ3v) is 5.98. The molecule has 0 saturated heterocycles. The van der Waals surface area contributed by atoms with Crippen molar-refractivity contribution in [2.24, 2.45) is 0 Å². The number of aromatic amines is 1. The molecule has 0 radical (unpaired) electrons. The van der Waals surface area contributed by atoms with Crippen LogP contribution in [-0.2, 0) is 6.18 Å². The average molecular weight is 423 g/mol. The number of tetrazole rings is 1. The summed E-state index contributed by atoms with van der Waals surface area (Å²) < 4.78 is 40.6. The molecule has 1 aliphatic rings. The van der Waals surface area contributed by atoms with Gasteiger partial charge in [0.25, 0.3) is 0 Å². The van der Waals surface area contributed by atoms with E-state index >= 15 is 0 Å². The molecule has 1 fully saturated rings. The maximum absolute atomic E-state index is 13.5. The lowest BCUT2D eigenvalue weighted by molar-refractivity contribution is -0.137. The molecule has 0 unspecified atom stereocenters. The first kappa shape index (κ1) is 19.7. The Balaban J connectivity index is 1.88. The van der Waals surface area contributed by atoms with Crippen molar-refractivity contribution < 1.29 is 13.2 Å². The van der Waals surface area contributed by atoms with E-state index in [1.54, 1.807) is 0 Å². The Morgan fingerprint density at radius 3 is 2.35 bits per heavy atom. The molecule has 5 nitrogen and oxygen atoms in total. The van der Waals surface area contributed by atoms with Crippen molar-refractivity contribution in [3.05, 3.63) is 59.8 Å². The highest BCUT2D eigenvalue weighted by Gasteiger charge is 2.32. The van der Waals surface area contributed by atoms with E-state index in [-0.39, 0.29) is 5.92 Å². The van der Waals surface area contributed by atoms with Gasteiger partial charge in [-0.1, -0.05) is 49.6 Å². The van der Waals surface area contributed by atoms with Gasteiger partial charge in [-0.15, -0.1) is 5.10 Å². The van der Waals surface area contributed by atoms with Crippen LogP contribution in [-0.4, -0.2) is 25.6 Å². The molecule has 0 bridgehead atoms. The number of hydrogen-bond donors (Lipinski definition) is 1. The molecule has 1 saturated carbocycles. The van der Waals surface area contributed by atoms with Gasteiger partial charge in [0.2, 0.25) is 0 Å². The summed E-state index contributed by atoms with van der Waals surface area (Å²) in [5, 5.41) is 14.8. The minimum absolute atomic E-state index is 0.211. The van der Waals surface area contributed by atoms with Crippen LogP contribution < -0.4 is 0 Å². The van der Waals surface area contributed by atoms with Crippen molar-refractivity contribution in [1.82, 2.24) is 25.6 Å². The Labute approximate surface area is 176 Å². The van der Waals surface area contributed by atoms with Crippen LogP contribution in [0.15, 0.2) is 48.5 Å². The molecular weight excluding hydrogens is 403 g/mol. The lowest BCUT2D eigenvalue weighted by Crippen LogP contribution is -2.11. The van der Waals surface area contributed by atoms with E-state index in [1.807, 2.05) is 30.3 Å². The van der Waals surface area contributed by atoms with Gasteiger partial charge in [-0.3, -0.25) is 4.98 Å². The second-order valence-corrected chi connectivity index (χ2v) is 7.93. The Kier molecular flexibility index (Phi) is 4.92. The van der Waals surface area contributed by atoms with E-state index in [9.17, 15) is 13.2 Å². The van der Waals surface area contributed by atoms with Crippen molar-refractivity contribution in [2.45, 2.75) is 44.2 Å². The number of hydrogen-bond acceptors (Lipinski definition) is 4. The van der Waals surface area contributed by atoms with E-state index in [4.69, 9.17) is 4.98 Å². The molecule has 31 heavy (non-hydrogen) atoms. The van der Waals surface area contributed by atoms with Gasteiger partial charge in [-0.05, 0) is 47.0 Å². The fraction of sp³-hybridized carbons (Fsp3) is 0.304. The van der Waals surface area contributed by atoms with Gasteiger partial charge in [0.1, 0.15) is 0 Å². The first-order valence-corrected chi connectivity index (χ1v) is 10.4. The summed E-state index contributed by atoms with van der Waals surface area (Å²) in [4.78, 5) is 4.88. The summed E-state index contributed by atoms with van der Waals surface area (Å²) in [7, 11) is 0. The minimum atomic E-state index is -4.45. The lowest BCUT2D eigenvalue weighted by atomic mass is 9.82. The van der Waals surface area contributed by atoms with E-state index in [1.165, 1.54) is 18.6 Å². The van der Waals surface area contributed by atoms with Crippen LogP contribution in [0.5, 0.6) is 0 Å². The molecule has 0 atom stereocenters. The van der Waals surface area contributed by atoms with Gasteiger partial charge >= 0.3 is 6.18 Å². The Morgan fingerprint density at radius 2 is 1.68 bits per heavy atom. The predicted octanol–water partition coefficient (Wildman–Crippen LogP) is 6.15. The van der Waals surface area contributed by atoms with Gasteiger partial charge in [0.05, 0.1) is 22.3 Å². The summed E-state index contributed by atoms with van der Waals surface area (Å²) in [6, 6.07) is 13.2. The van der Waals surface area contributed by atoms with Gasteiger partial charge in [-0.25, -0.2) is 5.10 Å². The fourth-order valence-corrected chi connectivity index (χ4v) is 4.54. The highest BCUT2D eigenvalue weighted by atomic mass is 19.4. The number of nitrogens with one attached hydrogen (secondary N) is 1. The van der Waals surface area contributed by atoms with Gasteiger partial charge in [0, 0.05) is 16.9 Å². The van der Waals surface area contributed by atoms with Gasteiger partial charge in [0.15, 0.2) is 5.82 Å². The van der Waals surface area contributed by atoms with Crippen molar-refractivity contribution in [1.29, 1.82) is 0 Å². The average Bonchev–Trinajstić information content (AvgIpc) is 3.32. The normalized spacial score (nSPS) is 15.5. The molecule has 2 aromatic heterocycles. The van der Waals surface area contributed by atoms with E-state index in [2.05, 4.69) is 20.6 Å². The molecule has 0 aliphatic heterocycles. The molecule has 0 amide bonds. The lowest BCUT2D eigenvalue weighted by Gasteiger charge is -2.25. The van der Waals surface area contributed by atoms with Gasteiger partial charge in [-0.2, -0.15) is 13.2 Å². The van der Waals surface area contributed by atoms with Crippen LogP contribution in [0.1, 0.15) is 49.3 Å². The third-order valence-electron chi connectivity index (χ3n) is 5.98. The predicted molar refractivity (Wildman–Crippen MR) is 111 cm³/mol. The van der Waals surface area contributed by atoms with Gasteiger partial charge < -0.3 is 0 Å². The first-order chi connectivity index (χ1) is 15.0. The summed E-state index contributed by atoms with van der Waals surface area (Å²) >= 11 is 0. The number of nitrogens with zero attached hydrogens (tertiary/aromatic N) is 4. The van der Waals surface area contributed by atoms with Crippen molar-refractivity contribution >= 4 is 10.9 Å². The van der Waals surface area contributed by atoms with Crippen LogP contribution >= 0.6 is 0 Å². The van der Waals surface area contributed by atoms with E-state index in [0.717, 1.165) is 43.0 Å². The SMILES string of the molecule is FC(F)(F)c1ccc2nc(C3CCCCC3)c(-c3nnn[nH]3)c(-c3ccccc3)c2c1. The standard InChI is InChI=1S/C23H20F3N5/c24-23(25,26)16-11-12-18-17(13-16)19(14-7-3-1-4-8-14)20(22-28-30-31-29-22)21(27-18)15-9-5-2-6-10-15/h1,3-4,7-8,11-13,15H,2,5-6,9-10H2,(H,28,29,30,31). The van der Waals surface area contributed by atoms with Crippen LogP contribution in [0.25, 0.3) is 33.4 Å². The molecule has 0 spiro atoms. The third kappa shape index (κ3) is 3.66. The largest absolute Gasteiger partial charge is 0.416 e. The maximum Gasteiger partial charge on any atom is 0.416 e. The molecule has 2 heterocycles. The first-order valence-electron chi connectivity index (χ1n) is 10.4. The number of H-pyrrole nitrogens is 1. The monoisotopic (exact) mass is 423 g/mol. The zero-order chi connectivity index (χ0) is 21.4. The number of aromatic nitrogens is 5. The number of benzene rings is 2. The second kappa shape index (κ2) is 7.76. The minimum Gasteiger partial charge on any atom is -0.252 e. The molecule has 2 aromatic carbocycles. The smallest absolute Gasteiger partial charge is 0.252 e. The quantitative estimate of drug-likeness (QED) is 0.429. The van der Waals surface area contributed by atoms with Crippen LogP contribution in [0.2, 0.25) is 0 Å². The fourth-order valence-electron chi connectivity index (χ4n) is 4.54. The summed E-state index contributed by atoms with van der Waals surface area (Å²) in [5.74, 6) is 0.634. The molecule has 5 rings (SSSR count). The number of rotatable bonds is 3. The Morgan fingerprint density at radius 1 is 0.903 bits per heavy atom. The Hall–Kier alpha value is -3.29. The number of fused-ring (bicyclic) bond motifs is 1. The number of pyridine rings is 1. The Bertz CT molecular complexity index is 1200. The van der Waals surface area contributed by atoms with E-state index < -0.39 is 11.7 Å².